The van der Waals surface area contributed by atoms with Crippen LogP contribution >= 0.6 is 0 Å². The molecule has 0 fully saturated rings. The fourth-order valence-corrected chi connectivity index (χ4v) is 3.10. The third kappa shape index (κ3) is 2.34. The Balaban J connectivity index is 2.22. The SMILES string of the molecule is COc1c(-c2ccccc2)oc2c(c(OC)cc3ccccc32)c1=O. The van der Waals surface area contributed by atoms with Gasteiger partial charge in [-0.15, -0.1) is 0 Å². The number of benzene rings is 3. The molecule has 0 bridgehead atoms. The van der Waals surface area contributed by atoms with Gasteiger partial charge in [0.25, 0.3) is 0 Å². The molecule has 25 heavy (non-hydrogen) atoms. The second kappa shape index (κ2) is 5.98. The predicted molar refractivity (Wildman–Crippen MR) is 98.5 cm³/mol. The van der Waals surface area contributed by atoms with Crippen LogP contribution in [0.15, 0.2) is 69.9 Å². The van der Waals surface area contributed by atoms with Crippen LogP contribution in [-0.2, 0) is 0 Å². The summed E-state index contributed by atoms with van der Waals surface area (Å²) in [5.74, 6) is 1.06. The predicted octanol–water partition coefficient (Wildman–Crippen LogP) is 4.63. The molecule has 0 aliphatic carbocycles. The second-order valence-corrected chi connectivity index (χ2v) is 5.66. The Labute approximate surface area is 144 Å². The molecular weight excluding hydrogens is 316 g/mol. The lowest BCUT2D eigenvalue weighted by atomic mass is 10.0. The van der Waals surface area contributed by atoms with E-state index < -0.39 is 0 Å². The Kier molecular flexibility index (Phi) is 3.65. The van der Waals surface area contributed by atoms with Crippen LogP contribution < -0.4 is 14.9 Å². The van der Waals surface area contributed by atoms with Gasteiger partial charge in [-0.25, -0.2) is 0 Å². The van der Waals surface area contributed by atoms with Gasteiger partial charge in [-0.2, -0.15) is 0 Å². The summed E-state index contributed by atoms with van der Waals surface area (Å²) in [7, 11) is 3.01. The van der Waals surface area contributed by atoms with Crippen LogP contribution in [-0.4, -0.2) is 14.2 Å². The summed E-state index contributed by atoms with van der Waals surface area (Å²) in [6.45, 7) is 0. The van der Waals surface area contributed by atoms with E-state index in [0.717, 1.165) is 16.3 Å². The molecule has 4 nitrogen and oxygen atoms in total. The minimum absolute atomic E-state index is 0.173. The Morgan fingerprint density at radius 3 is 2.32 bits per heavy atom. The van der Waals surface area contributed by atoms with Gasteiger partial charge >= 0.3 is 0 Å². The topological polar surface area (TPSA) is 48.7 Å². The van der Waals surface area contributed by atoms with Gasteiger partial charge in [-0.05, 0) is 11.5 Å². The van der Waals surface area contributed by atoms with E-state index in [-0.39, 0.29) is 11.2 Å². The smallest absolute Gasteiger partial charge is 0.239 e. The second-order valence-electron chi connectivity index (χ2n) is 5.66. The van der Waals surface area contributed by atoms with Crippen molar-refractivity contribution in [2.24, 2.45) is 0 Å². The quantitative estimate of drug-likeness (QED) is 0.513. The van der Waals surface area contributed by atoms with Crippen molar-refractivity contribution in [2.75, 3.05) is 14.2 Å². The van der Waals surface area contributed by atoms with Crippen molar-refractivity contribution in [2.45, 2.75) is 0 Å². The van der Waals surface area contributed by atoms with Gasteiger partial charge in [0.05, 0.1) is 14.2 Å². The lowest BCUT2D eigenvalue weighted by molar-refractivity contribution is 0.396. The summed E-state index contributed by atoms with van der Waals surface area (Å²) < 4.78 is 17.0. The molecule has 0 aliphatic rings. The monoisotopic (exact) mass is 332 g/mol. The van der Waals surface area contributed by atoms with Crippen LogP contribution in [0.2, 0.25) is 0 Å². The van der Waals surface area contributed by atoms with Gasteiger partial charge in [0.1, 0.15) is 11.1 Å². The summed E-state index contributed by atoms with van der Waals surface area (Å²) in [4.78, 5) is 13.1. The zero-order valence-corrected chi connectivity index (χ0v) is 13.9. The molecule has 4 aromatic rings. The first kappa shape index (κ1) is 15.3. The zero-order chi connectivity index (χ0) is 17.4. The molecule has 0 radical (unpaired) electrons. The van der Waals surface area contributed by atoms with Crippen LogP contribution in [0.25, 0.3) is 33.1 Å². The maximum absolute atomic E-state index is 13.1. The summed E-state index contributed by atoms with van der Waals surface area (Å²) in [6.07, 6.45) is 0. The molecule has 4 rings (SSSR count). The lowest BCUT2D eigenvalue weighted by Crippen LogP contribution is -2.09. The maximum atomic E-state index is 13.1. The Hall–Kier alpha value is -3.27. The van der Waals surface area contributed by atoms with Crippen LogP contribution in [0.5, 0.6) is 11.5 Å². The number of ether oxygens (including phenoxy) is 2. The summed E-state index contributed by atoms with van der Waals surface area (Å²) in [5, 5.41) is 2.19. The number of hydrogen-bond donors (Lipinski definition) is 0. The molecule has 0 aliphatic heterocycles. The van der Waals surface area contributed by atoms with Gasteiger partial charge in [-0.1, -0.05) is 54.6 Å². The Morgan fingerprint density at radius 1 is 0.880 bits per heavy atom. The van der Waals surface area contributed by atoms with Crippen molar-refractivity contribution in [3.8, 4) is 22.8 Å². The molecule has 1 heterocycles. The maximum Gasteiger partial charge on any atom is 0.239 e. The standard InChI is InChI=1S/C21H16O4/c1-23-16-12-14-10-6-7-11-15(14)20-17(16)18(22)21(24-2)19(25-20)13-8-4-3-5-9-13/h3-12H,1-2H3. The van der Waals surface area contributed by atoms with Crippen LogP contribution in [0.3, 0.4) is 0 Å². The van der Waals surface area contributed by atoms with Gasteiger partial charge in [0, 0.05) is 10.9 Å². The molecule has 124 valence electrons. The molecule has 1 aromatic heterocycles. The highest BCUT2D eigenvalue weighted by Crippen LogP contribution is 2.37. The number of rotatable bonds is 3. The average Bonchev–Trinajstić information content (AvgIpc) is 2.67. The van der Waals surface area contributed by atoms with E-state index in [1.807, 2.05) is 60.7 Å². The molecule has 0 unspecified atom stereocenters. The molecule has 4 heteroatoms. The van der Waals surface area contributed by atoms with Crippen molar-refractivity contribution in [1.82, 2.24) is 0 Å². The molecule has 0 atom stereocenters. The highest BCUT2D eigenvalue weighted by molar-refractivity contribution is 6.07. The Morgan fingerprint density at radius 2 is 1.60 bits per heavy atom. The average molecular weight is 332 g/mol. The van der Waals surface area contributed by atoms with Crippen molar-refractivity contribution >= 4 is 21.7 Å². The highest BCUT2D eigenvalue weighted by Gasteiger charge is 2.21. The lowest BCUT2D eigenvalue weighted by Gasteiger charge is -2.13. The van der Waals surface area contributed by atoms with Crippen molar-refractivity contribution < 1.29 is 13.9 Å². The molecule has 0 saturated heterocycles. The van der Waals surface area contributed by atoms with Gasteiger partial charge < -0.3 is 13.9 Å². The number of hydrogen-bond acceptors (Lipinski definition) is 4. The van der Waals surface area contributed by atoms with Crippen LogP contribution in [0.4, 0.5) is 0 Å². The van der Waals surface area contributed by atoms with E-state index in [0.29, 0.717) is 22.5 Å². The number of fused-ring (bicyclic) bond motifs is 3. The zero-order valence-electron chi connectivity index (χ0n) is 13.9. The van der Waals surface area contributed by atoms with Gasteiger partial charge in [-0.3, -0.25) is 4.79 Å². The van der Waals surface area contributed by atoms with E-state index in [1.165, 1.54) is 7.11 Å². The fraction of sp³-hybridized carbons (Fsp3) is 0.0952. The summed E-state index contributed by atoms with van der Waals surface area (Å²) in [6, 6.07) is 19.1. The van der Waals surface area contributed by atoms with Crippen LogP contribution in [0, 0.1) is 0 Å². The van der Waals surface area contributed by atoms with E-state index in [2.05, 4.69) is 0 Å². The van der Waals surface area contributed by atoms with E-state index in [1.54, 1.807) is 7.11 Å². The largest absolute Gasteiger partial charge is 0.496 e. The van der Waals surface area contributed by atoms with E-state index >= 15 is 0 Å². The molecule has 3 aromatic carbocycles. The van der Waals surface area contributed by atoms with E-state index in [9.17, 15) is 4.79 Å². The third-order valence-corrected chi connectivity index (χ3v) is 4.27. The first-order chi connectivity index (χ1) is 12.2. The molecular formula is C21H16O4. The normalized spacial score (nSPS) is 11.0. The Bertz CT molecular complexity index is 1130. The minimum Gasteiger partial charge on any atom is -0.496 e. The summed E-state index contributed by atoms with van der Waals surface area (Å²) in [5.41, 5.74) is 1.04. The highest BCUT2D eigenvalue weighted by atomic mass is 16.5. The first-order valence-corrected chi connectivity index (χ1v) is 7.90. The van der Waals surface area contributed by atoms with E-state index in [4.69, 9.17) is 13.9 Å². The van der Waals surface area contributed by atoms with Crippen molar-refractivity contribution in [3.63, 3.8) is 0 Å². The summed E-state index contributed by atoms with van der Waals surface area (Å²) >= 11 is 0. The molecule has 0 spiro atoms. The number of methoxy groups -OCH3 is 2. The molecule has 0 amide bonds. The molecule has 0 N–H and O–H groups in total. The van der Waals surface area contributed by atoms with Crippen LogP contribution in [0.1, 0.15) is 0 Å². The third-order valence-electron chi connectivity index (χ3n) is 4.27. The minimum atomic E-state index is -0.245. The first-order valence-electron chi connectivity index (χ1n) is 7.90. The molecule has 0 saturated carbocycles. The van der Waals surface area contributed by atoms with Crippen molar-refractivity contribution in [3.05, 3.63) is 70.9 Å². The van der Waals surface area contributed by atoms with Gasteiger partial charge in [0.15, 0.2) is 11.3 Å². The van der Waals surface area contributed by atoms with Gasteiger partial charge in [0.2, 0.25) is 11.2 Å². The van der Waals surface area contributed by atoms with Crippen molar-refractivity contribution in [1.29, 1.82) is 0 Å². The fourth-order valence-electron chi connectivity index (χ4n) is 3.10.